The van der Waals surface area contributed by atoms with E-state index in [0.717, 1.165) is 9.13 Å². The van der Waals surface area contributed by atoms with Crippen LogP contribution in [0.5, 0.6) is 5.75 Å². The Hall–Kier alpha value is -2.19. The quantitative estimate of drug-likeness (QED) is 0.263. The minimum Gasteiger partial charge on any atom is -0.426 e. The van der Waals surface area contributed by atoms with Gasteiger partial charge in [-0.25, -0.2) is 9.79 Å². The van der Waals surface area contributed by atoms with Crippen molar-refractivity contribution >= 4 is 58.1 Å². The van der Waals surface area contributed by atoms with Crippen LogP contribution in [-0.2, 0) is 14.3 Å². The molecular weight excluding hydrogens is 481 g/mol. The van der Waals surface area contributed by atoms with Gasteiger partial charge in [-0.05, 0) is 64.6 Å². The molecule has 0 bridgehead atoms. The second-order valence-electron chi connectivity index (χ2n) is 6.11. The highest BCUT2D eigenvalue weighted by Crippen LogP contribution is 2.25. The Labute approximate surface area is 175 Å². The van der Waals surface area contributed by atoms with Crippen molar-refractivity contribution in [3.63, 3.8) is 0 Å². The number of benzene rings is 2. The van der Waals surface area contributed by atoms with E-state index in [0.29, 0.717) is 16.3 Å². The first-order chi connectivity index (χ1) is 12.8. The molecule has 1 aliphatic rings. The van der Waals surface area contributed by atoms with E-state index in [4.69, 9.17) is 21.1 Å². The van der Waals surface area contributed by atoms with Crippen LogP contribution in [0.15, 0.2) is 53.2 Å². The first-order valence-corrected chi connectivity index (χ1v) is 9.59. The van der Waals surface area contributed by atoms with Crippen molar-refractivity contribution in [2.75, 3.05) is 0 Å². The minimum absolute atomic E-state index is 0.173. The lowest BCUT2D eigenvalue weighted by molar-refractivity contribution is -0.137. The molecular formula is C20H15ClINO4. The van der Waals surface area contributed by atoms with Crippen molar-refractivity contribution in [3.8, 4) is 5.75 Å². The average Bonchev–Trinajstić information content (AvgIpc) is 2.99. The molecule has 0 aliphatic carbocycles. The number of carbonyl (C=O) groups is 2. The molecule has 0 saturated carbocycles. The number of nitrogens with zero attached hydrogens (tertiary/aromatic N) is 1. The Morgan fingerprint density at radius 2 is 1.93 bits per heavy atom. The Balaban J connectivity index is 1.82. The summed E-state index contributed by atoms with van der Waals surface area (Å²) in [5.74, 6) is -0.433. The summed E-state index contributed by atoms with van der Waals surface area (Å²) in [4.78, 5) is 28.0. The summed E-state index contributed by atoms with van der Waals surface area (Å²) in [6.07, 6.45) is 1.60. The third-order valence-corrected chi connectivity index (χ3v) is 4.65. The van der Waals surface area contributed by atoms with Crippen LogP contribution in [0.4, 0.5) is 0 Å². The first kappa shape index (κ1) is 19.6. The van der Waals surface area contributed by atoms with Gasteiger partial charge in [0.05, 0.1) is 16.5 Å². The number of halogens is 2. The van der Waals surface area contributed by atoms with Gasteiger partial charge in [0.15, 0.2) is 5.70 Å². The lowest BCUT2D eigenvalue weighted by atomic mass is 10.2. The van der Waals surface area contributed by atoms with Gasteiger partial charge in [-0.2, -0.15) is 0 Å². The Kier molecular flexibility index (Phi) is 5.96. The van der Waals surface area contributed by atoms with Crippen LogP contribution in [0, 0.1) is 9.49 Å². The van der Waals surface area contributed by atoms with Gasteiger partial charge in [-0.3, -0.25) is 4.79 Å². The first-order valence-electron chi connectivity index (χ1n) is 8.13. The third-order valence-electron chi connectivity index (χ3n) is 3.65. The molecule has 0 saturated heterocycles. The molecule has 1 aliphatic heterocycles. The molecule has 0 aromatic heterocycles. The van der Waals surface area contributed by atoms with Gasteiger partial charge in [-0.15, -0.1) is 0 Å². The molecule has 5 nitrogen and oxygen atoms in total. The number of hydrogen-bond donors (Lipinski definition) is 0. The van der Waals surface area contributed by atoms with E-state index >= 15 is 0 Å². The lowest BCUT2D eigenvalue weighted by Crippen LogP contribution is -2.14. The van der Waals surface area contributed by atoms with Crippen LogP contribution in [0.25, 0.3) is 6.08 Å². The van der Waals surface area contributed by atoms with Gasteiger partial charge in [0.25, 0.3) is 0 Å². The Morgan fingerprint density at radius 3 is 2.59 bits per heavy atom. The molecule has 0 spiro atoms. The normalized spacial score (nSPS) is 15.1. The summed E-state index contributed by atoms with van der Waals surface area (Å²) in [5.41, 5.74) is 1.47. The molecule has 0 N–H and O–H groups in total. The molecule has 7 heteroatoms. The monoisotopic (exact) mass is 495 g/mol. The number of cyclic esters (lactones) is 1. The number of aliphatic imine (C=N–C) groups is 1. The van der Waals surface area contributed by atoms with Crippen LogP contribution >= 0.6 is 34.2 Å². The van der Waals surface area contributed by atoms with E-state index < -0.39 is 5.97 Å². The van der Waals surface area contributed by atoms with E-state index in [1.165, 1.54) is 0 Å². The highest BCUT2D eigenvalue weighted by atomic mass is 127. The maximum absolute atomic E-state index is 12.1. The smallest absolute Gasteiger partial charge is 0.363 e. The van der Waals surface area contributed by atoms with Gasteiger partial charge < -0.3 is 9.47 Å². The maximum atomic E-state index is 12.1. The highest BCUT2D eigenvalue weighted by Gasteiger charge is 2.25. The zero-order valence-corrected chi connectivity index (χ0v) is 17.4. The summed E-state index contributed by atoms with van der Waals surface area (Å²) in [6, 6.07) is 12.2. The second-order valence-corrected chi connectivity index (χ2v) is 7.76. The van der Waals surface area contributed by atoms with Crippen molar-refractivity contribution in [1.29, 1.82) is 0 Å². The summed E-state index contributed by atoms with van der Waals surface area (Å²) in [5, 5.41) is 0.458. The van der Waals surface area contributed by atoms with Crippen LogP contribution in [0.1, 0.15) is 25.0 Å². The van der Waals surface area contributed by atoms with E-state index in [9.17, 15) is 9.59 Å². The van der Waals surface area contributed by atoms with Crippen LogP contribution < -0.4 is 4.74 Å². The van der Waals surface area contributed by atoms with Crippen LogP contribution in [0.2, 0.25) is 5.02 Å². The molecule has 2 aromatic rings. The lowest BCUT2D eigenvalue weighted by Gasteiger charge is -2.06. The van der Waals surface area contributed by atoms with E-state index in [1.807, 2.05) is 6.07 Å². The van der Waals surface area contributed by atoms with E-state index in [1.54, 1.807) is 56.3 Å². The third kappa shape index (κ3) is 4.75. The van der Waals surface area contributed by atoms with Crippen molar-refractivity contribution in [3.05, 3.63) is 67.9 Å². The number of hydrogen-bond acceptors (Lipinski definition) is 5. The molecule has 0 atom stereocenters. The topological polar surface area (TPSA) is 65.0 Å². The molecule has 2 aromatic carbocycles. The van der Waals surface area contributed by atoms with Gasteiger partial charge in [0.2, 0.25) is 5.90 Å². The number of carbonyl (C=O) groups excluding carboxylic acids is 2. The fourth-order valence-corrected chi connectivity index (χ4v) is 2.90. The minimum atomic E-state index is -0.546. The molecule has 0 amide bonds. The second kappa shape index (κ2) is 8.22. The number of rotatable bonds is 4. The fourth-order valence-electron chi connectivity index (χ4n) is 2.21. The molecule has 0 unspecified atom stereocenters. The van der Waals surface area contributed by atoms with Gasteiger partial charge in [0, 0.05) is 3.57 Å². The Bertz CT molecular complexity index is 964. The summed E-state index contributed by atoms with van der Waals surface area (Å²) < 4.78 is 11.4. The molecule has 0 radical (unpaired) electrons. The largest absolute Gasteiger partial charge is 0.426 e. The standard InChI is InChI=1S/C20H15ClINO4/c1-11(2)19(24)26-14-6-3-12(4-7-14)9-17-20(25)27-18(23-17)15-10-13(22)5-8-16(15)21/h3-11H,1-2H3/b17-9-. The summed E-state index contributed by atoms with van der Waals surface area (Å²) in [7, 11) is 0. The zero-order chi connectivity index (χ0) is 19.6. The SMILES string of the molecule is CC(C)C(=O)Oc1ccc(/C=C2\N=C(c3cc(I)ccc3Cl)OC2=O)cc1. The highest BCUT2D eigenvalue weighted by molar-refractivity contribution is 14.1. The number of esters is 2. The molecule has 27 heavy (non-hydrogen) atoms. The fraction of sp³-hybridized carbons (Fsp3) is 0.150. The van der Waals surface area contributed by atoms with Crippen molar-refractivity contribution in [1.82, 2.24) is 0 Å². The molecule has 3 rings (SSSR count). The van der Waals surface area contributed by atoms with Crippen molar-refractivity contribution in [2.24, 2.45) is 10.9 Å². The molecule has 138 valence electrons. The van der Waals surface area contributed by atoms with Crippen LogP contribution in [0.3, 0.4) is 0 Å². The van der Waals surface area contributed by atoms with E-state index in [2.05, 4.69) is 27.6 Å². The van der Waals surface area contributed by atoms with E-state index in [-0.39, 0.29) is 23.5 Å². The Morgan fingerprint density at radius 1 is 1.22 bits per heavy atom. The number of ether oxygens (including phenoxy) is 2. The van der Waals surface area contributed by atoms with Crippen molar-refractivity contribution in [2.45, 2.75) is 13.8 Å². The average molecular weight is 496 g/mol. The van der Waals surface area contributed by atoms with Gasteiger partial charge in [-0.1, -0.05) is 37.6 Å². The zero-order valence-electron chi connectivity index (χ0n) is 14.5. The predicted octanol–water partition coefficient (Wildman–Crippen LogP) is 4.85. The van der Waals surface area contributed by atoms with Gasteiger partial charge >= 0.3 is 11.9 Å². The molecule has 1 heterocycles. The van der Waals surface area contributed by atoms with Crippen molar-refractivity contribution < 1.29 is 19.1 Å². The summed E-state index contributed by atoms with van der Waals surface area (Å²) in [6.45, 7) is 3.53. The maximum Gasteiger partial charge on any atom is 0.363 e. The predicted molar refractivity (Wildman–Crippen MR) is 112 cm³/mol. The summed E-state index contributed by atoms with van der Waals surface area (Å²) >= 11 is 8.32. The molecule has 0 fully saturated rings. The van der Waals surface area contributed by atoms with Gasteiger partial charge in [0.1, 0.15) is 5.75 Å². The van der Waals surface area contributed by atoms with Crippen LogP contribution in [-0.4, -0.2) is 17.8 Å².